The zero-order valence-corrected chi connectivity index (χ0v) is 15.2. The van der Waals surface area contributed by atoms with Gasteiger partial charge in [-0.1, -0.05) is 48.2 Å². The van der Waals surface area contributed by atoms with E-state index in [1.54, 1.807) is 17.7 Å². The summed E-state index contributed by atoms with van der Waals surface area (Å²) in [5.41, 5.74) is 1.09. The van der Waals surface area contributed by atoms with Crippen LogP contribution in [0.5, 0.6) is 0 Å². The Morgan fingerprint density at radius 3 is 2.84 bits per heavy atom. The Kier molecular flexibility index (Phi) is 4.85. The van der Waals surface area contributed by atoms with Gasteiger partial charge in [-0.15, -0.1) is 21.5 Å². The van der Waals surface area contributed by atoms with Gasteiger partial charge in [0.2, 0.25) is 5.91 Å². The number of aromatic nitrogens is 3. The lowest BCUT2D eigenvalue weighted by Gasteiger charge is -2.18. The van der Waals surface area contributed by atoms with Crippen LogP contribution in [0.4, 0.5) is 0 Å². The van der Waals surface area contributed by atoms with Crippen molar-refractivity contribution in [1.29, 1.82) is 0 Å². The highest BCUT2D eigenvalue weighted by molar-refractivity contribution is 7.99. The van der Waals surface area contributed by atoms with Crippen LogP contribution in [0, 0.1) is 0 Å². The smallest absolute Gasteiger partial charge is 0.231 e. The van der Waals surface area contributed by atoms with Gasteiger partial charge in [0.05, 0.1) is 11.8 Å². The lowest BCUT2D eigenvalue weighted by Crippen LogP contribution is -2.30. The van der Waals surface area contributed by atoms with Gasteiger partial charge < -0.3 is 9.88 Å². The third-order valence-corrected chi connectivity index (χ3v) is 5.97. The lowest BCUT2D eigenvalue weighted by atomic mass is 10.1. The molecule has 4 rings (SSSR count). The van der Waals surface area contributed by atoms with Crippen LogP contribution in [0.3, 0.4) is 0 Å². The van der Waals surface area contributed by atoms with E-state index < -0.39 is 0 Å². The van der Waals surface area contributed by atoms with Crippen LogP contribution in [-0.4, -0.2) is 26.4 Å². The van der Waals surface area contributed by atoms with Crippen molar-refractivity contribution < 1.29 is 4.79 Å². The summed E-state index contributed by atoms with van der Waals surface area (Å²) in [7, 11) is 0. The topological polar surface area (TPSA) is 59.8 Å². The Morgan fingerprint density at radius 2 is 2.12 bits per heavy atom. The zero-order valence-electron chi connectivity index (χ0n) is 13.5. The number of nitrogens with one attached hydrogen (secondary N) is 1. The summed E-state index contributed by atoms with van der Waals surface area (Å²) in [6.45, 7) is 0. The number of nitrogens with zero attached hydrogens (tertiary/aromatic N) is 3. The van der Waals surface area contributed by atoms with E-state index in [9.17, 15) is 4.79 Å². The second-order valence-electron chi connectivity index (χ2n) is 5.97. The number of rotatable bonds is 7. The predicted octanol–water partition coefficient (Wildman–Crippen LogP) is 3.67. The van der Waals surface area contributed by atoms with E-state index in [0.29, 0.717) is 11.8 Å². The predicted molar refractivity (Wildman–Crippen MR) is 99.8 cm³/mol. The van der Waals surface area contributed by atoms with E-state index in [0.717, 1.165) is 15.6 Å². The zero-order chi connectivity index (χ0) is 17.1. The number of carbonyl (C=O) groups is 1. The molecule has 2 aromatic heterocycles. The summed E-state index contributed by atoms with van der Waals surface area (Å²) in [6.07, 6.45) is 4.11. The number of hydrogen-bond donors (Lipinski definition) is 1. The summed E-state index contributed by atoms with van der Waals surface area (Å²) in [5, 5.41) is 14.1. The van der Waals surface area contributed by atoms with Gasteiger partial charge in [0, 0.05) is 10.9 Å². The third kappa shape index (κ3) is 3.93. The fourth-order valence-corrected chi connectivity index (χ4v) is 4.29. The Balaban J connectivity index is 1.43. The molecule has 1 amide bonds. The molecule has 3 aromatic rings. The molecule has 0 radical (unpaired) electrons. The molecular formula is C18H18N4OS2. The monoisotopic (exact) mass is 370 g/mol. The molecule has 1 atom stereocenters. The highest BCUT2D eigenvalue weighted by Gasteiger charge is 2.26. The molecule has 2 heterocycles. The second-order valence-corrected chi connectivity index (χ2v) is 7.89. The van der Waals surface area contributed by atoms with Crippen LogP contribution in [-0.2, 0) is 4.79 Å². The van der Waals surface area contributed by atoms with Gasteiger partial charge in [0.15, 0.2) is 5.16 Å². The molecule has 1 N–H and O–H groups in total. The van der Waals surface area contributed by atoms with Gasteiger partial charge in [-0.2, -0.15) is 0 Å². The van der Waals surface area contributed by atoms with Crippen molar-refractivity contribution in [3.8, 4) is 0 Å². The molecule has 1 aromatic carbocycles. The molecule has 1 fully saturated rings. The molecule has 1 aliphatic carbocycles. The number of thiophene rings is 1. The first-order valence-electron chi connectivity index (χ1n) is 8.21. The van der Waals surface area contributed by atoms with Gasteiger partial charge in [-0.25, -0.2) is 0 Å². The van der Waals surface area contributed by atoms with Gasteiger partial charge in [0.25, 0.3) is 0 Å². The SMILES string of the molecule is O=C(CSc1nncn1C1CC1)NC(c1ccccc1)c1cccs1. The van der Waals surface area contributed by atoms with Crippen molar-refractivity contribution >= 4 is 29.0 Å². The fourth-order valence-electron chi connectivity index (χ4n) is 2.69. The maximum absolute atomic E-state index is 12.5. The van der Waals surface area contributed by atoms with E-state index in [-0.39, 0.29) is 11.9 Å². The fraction of sp³-hybridized carbons (Fsp3) is 0.278. The van der Waals surface area contributed by atoms with Crippen molar-refractivity contribution in [3.63, 3.8) is 0 Å². The number of carbonyl (C=O) groups excluding carboxylic acids is 1. The second kappa shape index (κ2) is 7.41. The third-order valence-electron chi connectivity index (χ3n) is 4.08. The van der Waals surface area contributed by atoms with Crippen molar-refractivity contribution in [2.24, 2.45) is 0 Å². The maximum Gasteiger partial charge on any atom is 0.231 e. The molecule has 1 saturated carbocycles. The van der Waals surface area contributed by atoms with Crippen LogP contribution in [0.25, 0.3) is 0 Å². The summed E-state index contributed by atoms with van der Waals surface area (Å²) in [6, 6.07) is 14.5. The molecular weight excluding hydrogens is 352 g/mol. The van der Waals surface area contributed by atoms with Crippen LogP contribution in [0.2, 0.25) is 0 Å². The van der Waals surface area contributed by atoms with Crippen molar-refractivity contribution in [2.75, 3.05) is 5.75 Å². The summed E-state index contributed by atoms with van der Waals surface area (Å²) in [4.78, 5) is 13.7. The number of amides is 1. The van der Waals surface area contributed by atoms with Crippen molar-refractivity contribution in [3.05, 3.63) is 64.6 Å². The Hall–Kier alpha value is -2.12. The minimum atomic E-state index is -0.115. The molecule has 0 spiro atoms. The number of thioether (sulfide) groups is 1. The average Bonchev–Trinajstić information content (AvgIpc) is 3.15. The van der Waals surface area contributed by atoms with Gasteiger partial charge in [0.1, 0.15) is 6.33 Å². The first kappa shape index (κ1) is 16.4. The van der Waals surface area contributed by atoms with Crippen LogP contribution in [0.15, 0.2) is 59.3 Å². The minimum absolute atomic E-state index is 0.00222. The lowest BCUT2D eigenvalue weighted by molar-refractivity contribution is -0.119. The van der Waals surface area contributed by atoms with Crippen LogP contribution < -0.4 is 5.32 Å². The van der Waals surface area contributed by atoms with E-state index in [1.807, 2.05) is 41.8 Å². The largest absolute Gasteiger partial charge is 0.344 e. The normalized spacial score (nSPS) is 15.0. The molecule has 1 aliphatic rings. The molecule has 0 saturated heterocycles. The van der Waals surface area contributed by atoms with Crippen molar-refractivity contribution in [1.82, 2.24) is 20.1 Å². The van der Waals surface area contributed by atoms with Gasteiger partial charge >= 0.3 is 0 Å². The summed E-state index contributed by atoms with van der Waals surface area (Å²) in [5.74, 6) is 0.331. The molecule has 5 nitrogen and oxygen atoms in total. The molecule has 7 heteroatoms. The highest BCUT2D eigenvalue weighted by atomic mass is 32.2. The first-order chi connectivity index (χ1) is 12.3. The average molecular weight is 371 g/mol. The molecule has 25 heavy (non-hydrogen) atoms. The Bertz CT molecular complexity index is 828. The van der Waals surface area contributed by atoms with Crippen LogP contribution >= 0.6 is 23.1 Å². The first-order valence-corrected chi connectivity index (χ1v) is 10.1. The molecule has 1 unspecified atom stereocenters. The standard InChI is InChI=1S/C18H18N4OS2/c23-16(11-25-18-21-19-12-22(18)14-8-9-14)20-17(15-7-4-10-24-15)13-5-2-1-3-6-13/h1-7,10,12,14,17H,8-9,11H2,(H,20,23). The molecule has 0 bridgehead atoms. The quantitative estimate of drug-likeness (QED) is 0.645. The van der Waals surface area contributed by atoms with E-state index in [2.05, 4.69) is 26.1 Å². The van der Waals surface area contributed by atoms with E-state index in [1.165, 1.54) is 24.6 Å². The van der Waals surface area contributed by atoms with Gasteiger partial charge in [-0.05, 0) is 29.9 Å². The molecule has 128 valence electrons. The Labute approximate surface area is 154 Å². The number of benzene rings is 1. The molecule has 0 aliphatic heterocycles. The van der Waals surface area contributed by atoms with Crippen molar-refractivity contribution in [2.45, 2.75) is 30.1 Å². The van der Waals surface area contributed by atoms with Crippen LogP contribution in [0.1, 0.15) is 35.4 Å². The summed E-state index contributed by atoms with van der Waals surface area (Å²) >= 11 is 3.10. The van der Waals surface area contributed by atoms with E-state index >= 15 is 0 Å². The maximum atomic E-state index is 12.5. The summed E-state index contributed by atoms with van der Waals surface area (Å²) < 4.78 is 2.08. The minimum Gasteiger partial charge on any atom is -0.344 e. The Morgan fingerprint density at radius 1 is 1.28 bits per heavy atom. The van der Waals surface area contributed by atoms with Gasteiger partial charge in [-0.3, -0.25) is 4.79 Å². The highest BCUT2D eigenvalue weighted by Crippen LogP contribution is 2.37. The van der Waals surface area contributed by atoms with E-state index in [4.69, 9.17) is 0 Å². The number of hydrogen-bond acceptors (Lipinski definition) is 5.